The first-order chi connectivity index (χ1) is 10.5. The molecule has 0 aromatic carbocycles. The van der Waals surface area contributed by atoms with E-state index in [4.69, 9.17) is 0 Å². The Kier molecular flexibility index (Phi) is 4.19. The van der Waals surface area contributed by atoms with Gasteiger partial charge in [-0.25, -0.2) is 13.8 Å². The summed E-state index contributed by atoms with van der Waals surface area (Å²) in [6, 6.07) is 0. The van der Waals surface area contributed by atoms with E-state index in [0.717, 1.165) is 18.7 Å². The van der Waals surface area contributed by atoms with Crippen molar-refractivity contribution in [2.24, 2.45) is 13.0 Å². The highest BCUT2D eigenvalue weighted by Crippen LogP contribution is 2.38. The van der Waals surface area contributed by atoms with Crippen molar-refractivity contribution in [3.8, 4) is 0 Å². The molecule has 3 rings (SSSR count). The first kappa shape index (κ1) is 15.4. The van der Waals surface area contributed by atoms with Crippen LogP contribution in [0.3, 0.4) is 0 Å². The van der Waals surface area contributed by atoms with Crippen LogP contribution < -0.4 is 0 Å². The smallest absolute Gasteiger partial charge is 0.248 e. The van der Waals surface area contributed by atoms with E-state index in [-0.39, 0.29) is 24.7 Å². The minimum atomic E-state index is -2.67. The van der Waals surface area contributed by atoms with Gasteiger partial charge < -0.3 is 9.47 Å². The zero-order valence-electron chi connectivity index (χ0n) is 13.0. The second-order valence-corrected chi connectivity index (χ2v) is 6.67. The monoisotopic (exact) mass is 311 g/mol. The molecule has 6 heteroatoms. The third-order valence-corrected chi connectivity index (χ3v) is 4.95. The number of nitrogens with zero attached hydrogens (tertiary/aromatic N) is 3. The predicted molar refractivity (Wildman–Crippen MR) is 78.7 cm³/mol. The zero-order chi connectivity index (χ0) is 15.7. The molecule has 122 valence electrons. The van der Waals surface area contributed by atoms with Gasteiger partial charge in [0.25, 0.3) is 0 Å². The Morgan fingerprint density at radius 3 is 2.86 bits per heavy atom. The van der Waals surface area contributed by atoms with Gasteiger partial charge in [0, 0.05) is 57.2 Å². The number of piperidine rings is 1. The normalized spacial score (nSPS) is 28.6. The highest BCUT2D eigenvalue weighted by molar-refractivity contribution is 5.79. The Hall–Kier alpha value is -1.46. The van der Waals surface area contributed by atoms with Crippen molar-refractivity contribution >= 4 is 5.91 Å². The summed E-state index contributed by atoms with van der Waals surface area (Å²) in [6.07, 6.45) is 6.25. The maximum Gasteiger partial charge on any atom is 0.248 e. The molecule has 22 heavy (non-hydrogen) atoms. The van der Waals surface area contributed by atoms with Crippen molar-refractivity contribution in [1.29, 1.82) is 0 Å². The summed E-state index contributed by atoms with van der Waals surface area (Å²) >= 11 is 0. The number of likely N-dealkylation sites (tertiary alicyclic amines) is 1. The molecule has 2 atom stereocenters. The van der Waals surface area contributed by atoms with Gasteiger partial charge in [-0.3, -0.25) is 4.79 Å². The lowest BCUT2D eigenvalue weighted by Gasteiger charge is -2.37. The van der Waals surface area contributed by atoms with E-state index >= 15 is 0 Å². The molecule has 2 heterocycles. The fourth-order valence-electron chi connectivity index (χ4n) is 3.80. The fraction of sp³-hybridized carbons (Fsp3) is 0.750. The molecule has 0 N–H and O–H groups in total. The number of amides is 1. The minimum Gasteiger partial charge on any atom is -0.342 e. The van der Waals surface area contributed by atoms with Crippen LogP contribution in [0.1, 0.15) is 50.3 Å². The van der Waals surface area contributed by atoms with Gasteiger partial charge in [-0.05, 0) is 25.7 Å². The number of alkyl halides is 2. The molecule has 0 unspecified atom stereocenters. The van der Waals surface area contributed by atoms with Gasteiger partial charge in [0.15, 0.2) is 0 Å². The highest BCUT2D eigenvalue weighted by Gasteiger charge is 2.41. The maximum absolute atomic E-state index is 13.6. The Morgan fingerprint density at radius 1 is 1.36 bits per heavy atom. The van der Waals surface area contributed by atoms with Crippen LogP contribution in [0.5, 0.6) is 0 Å². The number of aryl methyl sites for hydroxylation is 1. The number of aromatic nitrogens is 2. The molecule has 4 nitrogen and oxygen atoms in total. The summed E-state index contributed by atoms with van der Waals surface area (Å²) in [5, 5.41) is 0. The highest BCUT2D eigenvalue weighted by atomic mass is 19.3. The Balaban J connectivity index is 1.67. The van der Waals surface area contributed by atoms with Crippen LogP contribution in [0.15, 0.2) is 12.4 Å². The molecule has 1 saturated heterocycles. The third kappa shape index (κ3) is 3.15. The molecule has 1 saturated carbocycles. The Bertz CT molecular complexity index is 543. The lowest BCUT2D eigenvalue weighted by molar-refractivity contribution is -0.143. The summed E-state index contributed by atoms with van der Waals surface area (Å²) in [4.78, 5) is 18.8. The first-order valence-electron chi connectivity index (χ1n) is 8.10. The number of halogens is 2. The Morgan fingerprint density at radius 2 is 2.18 bits per heavy atom. The van der Waals surface area contributed by atoms with Gasteiger partial charge >= 0.3 is 0 Å². The SMILES string of the molecule is Cn1ccnc1[C@H]1CCCN(C(=O)[C@@H]2CCCC(F)(F)C2)C1. The van der Waals surface area contributed by atoms with Crippen molar-refractivity contribution in [2.75, 3.05) is 13.1 Å². The van der Waals surface area contributed by atoms with Gasteiger partial charge in [-0.1, -0.05) is 0 Å². The largest absolute Gasteiger partial charge is 0.342 e. The summed E-state index contributed by atoms with van der Waals surface area (Å²) in [6.45, 7) is 1.29. The topological polar surface area (TPSA) is 38.1 Å². The summed E-state index contributed by atoms with van der Waals surface area (Å²) in [7, 11) is 1.95. The van der Waals surface area contributed by atoms with Crippen molar-refractivity contribution in [2.45, 2.75) is 50.4 Å². The molecule has 1 aliphatic heterocycles. The van der Waals surface area contributed by atoms with Crippen LogP contribution in [0.25, 0.3) is 0 Å². The third-order valence-electron chi connectivity index (χ3n) is 4.95. The molecule has 2 aliphatic rings. The van der Waals surface area contributed by atoms with Crippen LogP contribution in [0.2, 0.25) is 0 Å². The molecular weight excluding hydrogens is 288 g/mol. The van der Waals surface area contributed by atoms with E-state index in [9.17, 15) is 13.6 Å². The van der Waals surface area contributed by atoms with Crippen molar-refractivity contribution in [3.05, 3.63) is 18.2 Å². The number of imidazole rings is 1. The van der Waals surface area contributed by atoms with E-state index in [1.807, 2.05) is 17.8 Å². The standard InChI is InChI=1S/C16H23F2N3O/c1-20-9-7-19-14(20)13-5-3-8-21(11-13)15(22)12-4-2-6-16(17,18)10-12/h7,9,12-13H,2-6,8,10-11H2,1H3/t12-,13+/m1/s1. The minimum absolute atomic E-state index is 0.0767. The molecule has 0 radical (unpaired) electrons. The van der Waals surface area contributed by atoms with Crippen molar-refractivity contribution in [1.82, 2.24) is 14.5 Å². The van der Waals surface area contributed by atoms with Crippen LogP contribution in [-0.2, 0) is 11.8 Å². The molecule has 0 bridgehead atoms. The molecule has 1 aliphatic carbocycles. The van der Waals surface area contributed by atoms with Crippen LogP contribution in [-0.4, -0.2) is 39.4 Å². The van der Waals surface area contributed by atoms with Crippen molar-refractivity contribution in [3.63, 3.8) is 0 Å². The van der Waals surface area contributed by atoms with E-state index in [1.54, 1.807) is 11.1 Å². The van der Waals surface area contributed by atoms with Gasteiger partial charge in [-0.15, -0.1) is 0 Å². The number of carbonyl (C=O) groups is 1. The quantitative estimate of drug-likeness (QED) is 0.842. The molecule has 1 aromatic heterocycles. The van der Waals surface area contributed by atoms with E-state index in [0.29, 0.717) is 25.9 Å². The van der Waals surface area contributed by atoms with E-state index < -0.39 is 11.8 Å². The number of hydrogen-bond donors (Lipinski definition) is 0. The van der Waals surface area contributed by atoms with E-state index in [1.165, 1.54) is 0 Å². The summed E-state index contributed by atoms with van der Waals surface area (Å²) in [5.74, 6) is -2.08. The molecule has 1 aromatic rings. The second kappa shape index (κ2) is 5.97. The number of carbonyl (C=O) groups excluding carboxylic acids is 1. The first-order valence-corrected chi connectivity index (χ1v) is 8.10. The molecule has 2 fully saturated rings. The van der Waals surface area contributed by atoms with Crippen LogP contribution >= 0.6 is 0 Å². The van der Waals surface area contributed by atoms with Gasteiger partial charge in [-0.2, -0.15) is 0 Å². The lowest BCUT2D eigenvalue weighted by atomic mass is 9.84. The summed E-state index contributed by atoms with van der Waals surface area (Å²) < 4.78 is 29.1. The Labute approximate surface area is 129 Å². The van der Waals surface area contributed by atoms with Crippen LogP contribution in [0, 0.1) is 5.92 Å². The number of hydrogen-bond acceptors (Lipinski definition) is 2. The average molecular weight is 311 g/mol. The van der Waals surface area contributed by atoms with Gasteiger partial charge in [0.1, 0.15) is 5.82 Å². The molecule has 1 amide bonds. The average Bonchev–Trinajstić information content (AvgIpc) is 2.92. The fourth-order valence-corrected chi connectivity index (χ4v) is 3.80. The molecule has 0 spiro atoms. The van der Waals surface area contributed by atoms with Crippen LogP contribution in [0.4, 0.5) is 8.78 Å². The number of rotatable bonds is 2. The van der Waals surface area contributed by atoms with Crippen molar-refractivity contribution < 1.29 is 13.6 Å². The van der Waals surface area contributed by atoms with Gasteiger partial charge in [0.05, 0.1) is 0 Å². The summed E-state index contributed by atoms with van der Waals surface area (Å²) in [5.41, 5.74) is 0. The zero-order valence-corrected chi connectivity index (χ0v) is 13.0. The predicted octanol–water partition coefficient (Wildman–Crippen LogP) is 2.95. The maximum atomic E-state index is 13.6. The lowest BCUT2D eigenvalue weighted by Crippen LogP contribution is -2.45. The van der Waals surface area contributed by atoms with E-state index in [2.05, 4.69) is 4.98 Å². The molecular formula is C16H23F2N3O. The second-order valence-electron chi connectivity index (χ2n) is 6.67. The van der Waals surface area contributed by atoms with Gasteiger partial charge in [0.2, 0.25) is 11.8 Å².